The zero-order valence-corrected chi connectivity index (χ0v) is 18.5. The summed E-state index contributed by atoms with van der Waals surface area (Å²) in [6, 6.07) is 0. The summed E-state index contributed by atoms with van der Waals surface area (Å²) in [7, 11) is 1.41. The normalized spacial score (nSPS) is 28.6. The molecule has 0 bridgehead atoms. The number of carbonyl (C=O) groups excluding carboxylic acids is 1. The summed E-state index contributed by atoms with van der Waals surface area (Å²) in [5.41, 5.74) is 0.225. The summed E-state index contributed by atoms with van der Waals surface area (Å²) >= 11 is 6.59. The Balaban J connectivity index is 2.59. The van der Waals surface area contributed by atoms with Crippen LogP contribution in [0.5, 0.6) is 11.5 Å². The van der Waals surface area contributed by atoms with Gasteiger partial charge in [-0.25, -0.2) is 4.79 Å². The molecular formula is C19H22Br2O7. The quantitative estimate of drug-likeness (QED) is 0.331. The van der Waals surface area contributed by atoms with Crippen molar-refractivity contribution < 1.29 is 34.7 Å². The van der Waals surface area contributed by atoms with E-state index in [1.54, 1.807) is 13.0 Å². The second-order valence-corrected chi connectivity index (χ2v) is 7.95. The van der Waals surface area contributed by atoms with Gasteiger partial charge in [0.15, 0.2) is 5.75 Å². The van der Waals surface area contributed by atoms with Gasteiger partial charge >= 0.3 is 5.97 Å². The number of aliphatic hydroxyl groups is 3. The molecule has 9 heteroatoms. The molecule has 0 aromatic heterocycles. The predicted octanol–water partition coefficient (Wildman–Crippen LogP) is 2.92. The number of esters is 1. The lowest BCUT2D eigenvalue weighted by Gasteiger charge is -2.21. The van der Waals surface area contributed by atoms with E-state index in [1.807, 2.05) is 0 Å². The second-order valence-electron chi connectivity index (χ2n) is 6.36. The molecule has 7 nitrogen and oxygen atoms in total. The zero-order chi connectivity index (χ0) is 21.0. The van der Waals surface area contributed by atoms with Crippen molar-refractivity contribution >= 4 is 43.9 Å². The Hall–Kier alpha value is -1.39. The first-order valence-electron chi connectivity index (χ1n) is 8.55. The van der Waals surface area contributed by atoms with Crippen molar-refractivity contribution in [2.45, 2.75) is 44.2 Å². The Morgan fingerprint density at radius 3 is 2.46 bits per heavy atom. The Morgan fingerprint density at radius 1 is 1.14 bits per heavy atom. The predicted molar refractivity (Wildman–Crippen MR) is 110 cm³/mol. The van der Waals surface area contributed by atoms with Crippen LogP contribution in [0.2, 0.25) is 0 Å². The minimum Gasteiger partial charge on any atom is -0.506 e. The summed E-state index contributed by atoms with van der Waals surface area (Å²) in [6.07, 6.45) is 1.78. The van der Waals surface area contributed by atoms with Crippen molar-refractivity contribution in [2.75, 3.05) is 7.11 Å². The van der Waals surface area contributed by atoms with Crippen molar-refractivity contribution in [2.24, 2.45) is 0 Å². The fourth-order valence-corrected chi connectivity index (χ4v) is 4.24. The molecule has 0 saturated heterocycles. The molecule has 4 N–H and O–H groups in total. The number of aliphatic hydroxyl groups excluding tert-OH is 3. The lowest BCUT2D eigenvalue weighted by atomic mass is 10.0. The van der Waals surface area contributed by atoms with Gasteiger partial charge in [-0.3, -0.25) is 0 Å². The van der Waals surface area contributed by atoms with Gasteiger partial charge in [0.05, 0.1) is 17.7 Å². The van der Waals surface area contributed by atoms with Crippen LogP contribution >= 0.6 is 31.9 Å². The fraction of sp³-hybridized carbons (Fsp3) is 0.421. The average Bonchev–Trinajstić information content (AvgIpc) is 2.64. The second kappa shape index (κ2) is 9.89. The summed E-state index contributed by atoms with van der Waals surface area (Å²) in [5, 5.41) is 40.6. The topological polar surface area (TPSA) is 116 Å². The van der Waals surface area contributed by atoms with Gasteiger partial charge in [0.1, 0.15) is 34.1 Å². The summed E-state index contributed by atoms with van der Waals surface area (Å²) in [5.74, 6) is -0.794. The van der Waals surface area contributed by atoms with Gasteiger partial charge in [-0.1, -0.05) is 24.3 Å². The average molecular weight is 522 g/mol. The maximum Gasteiger partial charge on any atom is 0.342 e. The number of hydrogen-bond donors (Lipinski definition) is 4. The van der Waals surface area contributed by atoms with Crippen LogP contribution in [0.15, 0.2) is 27.2 Å². The van der Waals surface area contributed by atoms with Crippen LogP contribution in [0, 0.1) is 0 Å². The van der Waals surface area contributed by atoms with Crippen LogP contribution in [-0.4, -0.2) is 57.9 Å². The van der Waals surface area contributed by atoms with Crippen molar-refractivity contribution in [1.29, 1.82) is 0 Å². The molecule has 0 unspecified atom stereocenters. The number of cyclic esters (lactones) is 1. The van der Waals surface area contributed by atoms with Crippen LogP contribution in [0.4, 0.5) is 0 Å². The lowest BCUT2D eigenvalue weighted by Crippen LogP contribution is -2.35. The van der Waals surface area contributed by atoms with Gasteiger partial charge in [-0.2, -0.15) is 0 Å². The van der Waals surface area contributed by atoms with E-state index in [1.165, 1.54) is 25.3 Å². The van der Waals surface area contributed by atoms with Gasteiger partial charge in [-0.05, 0) is 45.2 Å². The third kappa shape index (κ3) is 4.96. The van der Waals surface area contributed by atoms with Gasteiger partial charge in [0, 0.05) is 12.0 Å². The fourth-order valence-electron chi connectivity index (χ4n) is 2.72. The van der Waals surface area contributed by atoms with E-state index in [-0.39, 0.29) is 34.4 Å². The smallest absolute Gasteiger partial charge is 0.342 e. The van der Waals surface area contributed by atoms with E-state index in [0.717, 1.165) is 0 Å². The third-order valence-electron chi connectivity index (χ3n) is 4.27. The largest absolute Gasteiger partial charge is 0.506 e. The first-order valence-corrected chi connectivity index (χ1v) is 10.1. The highest BCUT2D eigenvalue weighted by Crippen LogP contribution is 2.46. The molecular weight excluding hydrogens is 500 g/mol. The van der Waals surface area contributed by atoms with Crippen LogP contribution in [0.25, 0.3) is 6.08 Å². The van der Waals surface area contributed by atoms with Crippen LogP contribution in [0.1, 0.15) is 35.7 Å². The molecule has 1 aromatic carbocycles. The molecule has 0 spiro atoms. The minimum atomic E-state index is -1.38. The summed E-state index contributed by atoms with van der Waals surface area (Å²) < 4.78 is 11.3. The van der Waals surface area contributed by atoms with E-state index in [4.69, 9.17) is 9.47 Å². The van der Waals surface area contributed by atoms with Crippen molar-refractivity contribution in [3.8, 4) is 11.5 Å². The lowest BCUT2D eigenvalue weighted by molar-refractivity contribution is -0.0394. The molecule has 154 valence electrons. The van der Waals surface area contributed by atoms with Gasteiger partial charge < -0.3 is 29.9 Å². The number of benzene rings is 1. The number of rotatable bonds is 1. The molecule has 1 aliphatic heterocycles. The minimum absolute atomic E-state index is 0.00252. The SMILES string of the molecule is COc1c(Br)c(O)c2c(c1Br)/C=C/C[C@H](O)[C@H](O)[C@@H](O)/C=C/C[C@H](C)OC2=O. The maximum absolute atomic E-state index is 12.7. The number of methoxy groups -OCH3 is 1. The Kier molecular flexibility index (Phi) is 8.08. The number of ether oxygens (including phenoxy) is 2. The number of fused-ring (bicyclic) bond motifs is 1. The van der Waals surface area contributed by atoms with E-state index in [2.05, 4.69) is 31.9 Å². The summed E-state index contributed by atoms with van der Waals surface area (Å²) in [4.78, 5) is 12.7. The van der Waals surface area contributed by atoms with Crippen molar-refractivity contribution in [3.63, 3.8) is 0 Å². The maximum atomic E-state index is 12.7. The molecule has 1 aliphatic rings. The number of phenolic OH excluding ortho intramolecular Hbond substituents is 1. The molecule has 1 aromatic rings. The van der Waals surface area contributed by atoms with E-state index in [0.29, 0.717) is 10.0 Å². The first kappa shape index (κ1) is 22.9. The van der Waals surface area contributed by atoms with Crippen LogP contribution in [-0.2, 0) is 4.74 Å². The van der Waals surface area contributed by atoms with Crippen LogP contribution < -0.4 is 4.74 Å². The highest BCUT2D eigenvalue weighted by molar-refractivity contribution is 9.11. The first-order chi connectivity index (χ1) is 13.2. The Bertz CT molecular complexity index is 791. The van der Waals surface area contributed by atoms with Gasteiger partial charge in [0.2, 0.25) is 0 Å². The molecule has 4 atom stereocenters. The van der Waals surface area contributed by atoms with Gasteiger partial charge in [0.25, 0.3) is 0 Å². The Morgan fingerprint density at radius 2 is 1.82 bits per heavy atom. The third-order valence-corrected chi connectivity index (χ3v) is 5.80. The monoisotopic (exact) mass is 520 g/mol. The zero-order valence-electron chi connectivity index (χ0n) is 15.3. The number of halogens is 2. The molecule has 2 rings (SSSR count). The molecule has 0 saturated carbocycles. The molecule has 0 fully saturated rings. The summed E-state index contributed by atoms with van der Waals surface area (Å²) in [6.45, 7) is 1.66. The number of phenols is 1. The standard InChI is InChI=1S/C19H22Br2O7/c1-9-5-3-7-11(22)16(24)12(23)8-4-6-10-13(19(26)28-9)17(25)15(21)18(27-2)14(10)20/h3-4,6-7,9,11-12,16,22-25H,5,8H2,1-2H3/b6-4+,7-3+/t9-,11-,12-,16+/m0/s1. The van der Waals surface area contributed by atoms with E-state index < -0.39 is 30.4 Å². The van der Waals surface area contributed by atoms with Crippen molar-refractivity contribution in [3.05, 3.63) is 38.3 Å². The molecule has 0 aliphatic carbocycles. The number of carbonyl (C=O) groups is 1. The molecule has 0 radical (unpaired) electrons. The van der Waals surface area contributed by atoms with E-state index in [9.17, 15) is 25.2 Å². The van der Waals surface area contributed by atoms with E-state index >= 15 is 0 Å². The molecule has 28 heavy (non-hydrogen) atoms. The van der Waals surface area contributed by atoms with Gasteiger partial charge in [-0.15, -0.1) is 0 Å². The highest BCUT2D eigenvalue weighted by atomic mass is 79.9. The Labute approximate surface area is 179 Å². The molecule has 0 amide bonds. The number of aromatic hydroxyl groups is 1. The molecule has 1 heterocycles. The number of hydrogen-bond acceptors (Lipinski definition) is 7. The van der Waals surface area contributed by atoms with Crippen LogP contribution in [0.3, 0.4) is 0 Å². The highest BCUT2D eigenvalue weighted by Gasteiger charge is 2.28. The van der Waals surface area contributed by atoms with Crippen molar-refractivity contribution in [1.82, 2.24) is 0 Å².